The highest BCUT2D eigenvalue weighted by Crippen LogP contribution is 2.39. The summed E-state index contributed by atoms with van der Waals surface area (Å²) in [4.78, 5) is 60.4. The fraction of sp³-hybridized carbons (Fsp3) is 0.103. The second kappa shape index (κ2) is 10.8. The molecule has 5 rings (SSSR count). The molecule has 5 amide bonds. The molecule has 0 aliphatic carbocycles. The molecule has 1 fully saturated rings. The first kappa shape index (κ1) is 26.8. The van der Waals surface area contributed by atoms with Crippen LogP contribution in [0.4, 0.5) is 21.9 Å². The lowest BCUT2D eigenvalue weighted by Crippen LogP contribution is -2.24. The quantitative estimate of drug-likeness (QED) is 0.150. The molecule has 0 bridgehead atoms. The summed E-state index contributed by atoms with van der Waals surface area (Å²) in [6, 6.07) is 17.9. The minimum absolute atomic E-state index is 0.153. The number of nitrogens with zero attached hydrogens (tertiary/aromatic N) is 2. The maximum Gasteiger partial charge on any atom is 0.328 e. The van der Waals surface area contributed by atoms with Crippen molar-refractivity contribution >= 4 is 58.2 Å². The van der Waals surface area contributed by atoms with Gasteiger partial charge >= 0.3 is 6.03 Å². The number of likely N-dealkylation sites (N-methyl/N-ethyl adjacent to an activating group) is 1. The molecule has 3 aromatic carbocycles. The first-order chi connectivity index (χ1) is 19.6. The van der Waals surface area contributed by atoms with E-state index >= 15 is 0 Å². The lowest BCUT2D eigenvalue weighted by molar-refractivity contribution is -0.384. The van der Waals surface area contributed by atoms with E-state index in [9.17, 15) is 29.3 Å². The molecule has 3 aromatic rings. The number of anilines is 2. The summed E-state index contributed by atoms with van der Waals surface area (Å²) in [6.07, 6.45) is 1.58. The molecule has 12 heteroatoms. The highest BCUT2D eigenvalue weighted by atomic mass is 16.6. The molecule has 1 saturated heterocycles. The molecule has 0 aromatic heterocycles. The van der Waals surface area contributed by atoms with E-state index in [1.165, 1.54) is 37.1 Å². The Balaban J connectivity index is 1.54. The second-order valence-electron chi connectivity index (χ2n) is 9.39. The molecular formula is C29H24N6O6. The summed E-state index contributed by atoms with van der Waals surface area (Å²) in [6.45, 7) is 1.76. The number of nitro groups is 1. The van der Waals surface area contributed by atoms with Gasteiger partial charge in [-0.05, 0) is 41.0 Å². The summed E-state index contributed by atoms with van der Waals surface area (Å²) in [7, 11) is 1.50. The number of non-ortho nitro benzene ring substituents is 1. The van der Waals surface area contributed by atoms with Crippen LogP contribution >= 0.6 is 0 Å². The van der Waals surface area contributed by atoms with Gasteiger partial charge in [0.1, 0.15) is 5.70 Å². The lowest BCUT2D eigenvalue weighted by atomic mass is 9.98. The van der Waals surface area contributed by atoms with Crippen molar-refractivity contribution < 1.29 is 24.1 Å². The third-order valence-electron chi connectivity index (χ3n) is 6.60. The van der Waals surface area contributed by atoms with Crippen molar-refractivity contribution in [3.63, 3.8) is 0 Å². The SMILES string of the molecule is CC(=O)NCc1ccc(/C(Nc2ccc(/C=C3/C(=O)NC(=O)N3C)cc2)=C2/C(=O)Nc3ccc([N+](=O)[O-])cc32)cc1. The average molecular weight is 553 g/mol. The van der Waals surface area contributed by atoms with Gasteiger partial charge in [0.15, 0.2) is 0 Å². The van der Waals surface area contributed by atoms with Gasteiger partial charge in [-0.1, -0.05) is 36.4 Å². The Hall–Kier alpha value is -5.78. The molecule has 206 valence electrons. The summed E-state index contributed by atoms with van der Waals surface area (Å²) < 4.78 is 0. The third-order valence-corrected chi connectivity index (χ3v) is 6.60. The lowest BCUT2D eigenvalue weighted by Gasteiger charge is -2.16. The molecule has 4 N–H and O–H groups in total. The van der Waals surface area contributed by atoms with Crippen LogP contribution in [-0.2, 0) is 20.9 Å². The zero-order valence-electron chi connectivity index (χ0n) is 22.0. The third kappa shape index (κ3) is 5.52. The molecule has 0 radical (unpaired) electrons. The smallest absolute Gasteiger partial charge is 0.328 e. The van der Waals surface area contributed by atoms with Crippen LogP contribution in [0.15, 0.2) is 72.4 Å². The van der Waals surface area contributed by atoms with Crippen LogP contribution in [0.25, 0.3) is 17.3 Å². The molecular weight excluding hydrogens is 528 g/mol. The Morgan fingerprint density at radius 2 is 1.68 bits per heavy atom. The predicted molar refractivity (Wildman–Crippen MR) is 152 cm³/mol. The molecule has 2 aliphatic rings. The Labute approximate surface area is 233 Å². The number of hydrogen-bond acceptors (Lipinski definition) is 7. The minimum atomic E-state index is -0.520. The van der Waals surface area contributed by atoms with Gasteiger partial charge in [-0.3, -0.25) is 34.7 Å². The standard InChI is InChI=1S/C29H24N6O6/c1-16(36)30-15-18-3-7-19(8-4-18)26(25-22-14-21(35(40)41)11-12-23(22)32-28(25)38)31-20-9-5-17(6-10-20)13-24-27(37)33-29(39)34(24)2/h3-14,31H,15H2,1-2H3,(H,30,36)(H,32,38)(H,33,37,39)/b24-13-,26-25-. The van der Waals surface area contributed by atoms with E-state index in [4.69, 9.17) is 0 Å². The largest absolute Gasteiger partial charge is 0.354 e. The molecule has 0 saturated carbocycles. The van der Waals surface area contributed by atoms with Gasteiger partial charge in [0.05, 0.1) is 16.2 Å². The number of imide groups is 1. The van der Waals surface area contributed by atoms with Gasteiger partial charge in [-0.15, -0.1) is 0 Å². The van der Waals surface area contributed by atoms with Gasteiger partial charge in [0.25, 0.3) is 17.5 Å². The van der Waals surface area contributed by atoms with Crippen LogP contribution in [0.5, 0.6) is 0 Å². The topological polar surface area (TPSA) is 163 Å². The monoisotopic (exact) mass is 552 g/mol. The van der Waals surface area contributed by atoms with Crippen molar-refractivity contribution in [3.05, 3.63) is 105 Å². The fourth-order valence-electron chi connectivity index (χ4n) is 4.45. The summed E-state index contributed by atoms with van der Waals surface area (Å²) >= 11 is 0. The van der Waals surface area contributed by atoms with Crippen molar-refractivity contribution in [1.29, 1.82) is 0 Å². The van der Waals surface area contributed by atoms with Gasteiger partial charge in [0, 0.05) is 49.6 Å². The molecule has 41 heavy (non-hydrogen) atoms. The van der Waals surface area contributed by atoms with Crippen LogP contribution in [0.3, 0.4) is 0 Å². The van der Waals surface area contributed by atoms with E-state index in [2.05, 4.69) is 21.3 Å². The Bertz CT molecular complexity index is 1670. The number of amides is 5. The second-order valence-corrected chi connectivity index (χ2v) is 9.39. The summed E-state index contributed by atoms with van der Waals surface area (Å²) in [5.74, 6) is -1.08. The van der Waals surface area contributed by atoms with Crippen molar-refractivity contribution in [1.82, 2.24) is 15.5 Å². The van der Waals surface area contributed by atoms with Crippen LogP contribution in [0.1, 0.15) is 29.2 Å². The Kier molecular flexibility index (Phi) is 7.04. The van der Waals surface area contributed by atoms with E-state index in [-0.39, 0.29) is 22.9 Å². The fourth-order valence-corrected chi connectivity index (χ4v) is 4.45. The van der Waals surface area contributed by atoms with Crippen molar-refractivity contribution in [2.45, 2.75) is 13.5 Å². The first-order valence-electron chi connectivity index (χ1n) is 12.5. The molecule has 2 heterocycles. The van der Waals surface area contributed by atoms with Crippen molar-refractivity contribution in [3.8, 4) is 0 Å². The maximum absolute atomic E-state index is 13.2. The molecule has 12 nitrogen and oxygen atoms in total. The van der Waals surface area contributed by atoms with Crippen LogP contribution in [-0.4, -0.2) is 40.6 Å². The Morgan fingerprint density at radius 1 is 0.976 bits per heavy atom. The molecule has 0 unspecified atom stereocenters. The number of rotatable bonds is 7. The summed E-state index contributed by atoms with van der Waals surface area (Å²) in [5.41, 5.74) is 4.28. The number of nitrogens with one attached hydrogen (secondary N) is 4. The normalized spacial score (nSPS) is 16.3. The maximum atomic E-state index is 13.2. The number of nitro benzene ring substituents is 1. The van der Waals surface area contributed by atoms with E-state index in [0.717, 1.165) is 5.56 Å². The number of carbonyl (C=O) groups is 4. The van der Waals surface area contributed by atoms with Crippen LogP contribution in [0.2, 0.25) is 0 Å². The summed E-state index contributed by atoms with van der Waals surface area (Å²) in [5, 5.41) is 22.5. The van der Waals surface area contributed by atoms with E-state index in [0.29, 0.717) is 40.3 Å². The van der Waals surface area contributed by atoms with Gasteiger partial charge < -0.3 is 16.0 Å². The molecule has 0 atom stereocenters. The zero-order chi connectivity index (χ0) is 29.3. The number of urea groups is 1. The minimum Gasteiger partial charge on any atom is -0.354 e. The number of fused-ring (bicyclic) bond motifs is 1. The van der Waals surface area contributed by atoms with Crippen molar-refractivity contribution in [2.75, 3.05) is 17.7 Å². The highest BCUT2D eigenvalue weighted by molar-refractivity contribution is 6.37. The van der Waals surface area contributed by atoms with E-state index < -0.39 is 22.8 Å². The zero-order valence-corrected chi connectivity index (χ0v) is 22.0. The first-order valence-corrected chi connectivity index (χ1v) is 12.5. The molecule has 0 spiro atoms. The van der Waals surface area contributed by atoms with Crippen LogP contribution < -0.4 is 21.3 Å². The van der Waals surface area contributed by atoms with Gasteiger partial charge in [-0.25, -0.2) is 4.79 Å². The van der Waals surface area contributed by atoms with Gasteiger partial charge in [0.2, 0.25) is 5.91 Å². The van der Waals surface area contributed by atoms with Gasteiger partial charge in [-0.2, -0.15) is 0 Å². The predicted octanol–water partition coefficient (Wildman–Crippen LogP) is 3.69. The number of benzene rings is 3. The van der Waals surface area contributed by atoms with E-state index in [1.54, 1.807) is 42.5 Å². The van der Waals surface area contributed by atoms with E-state index in [1.807, 2.05) is 12.1 Å². The van der Waals surface area contributed by atoms with Crippen molar-refractivity contribution in [2.24, 2.45) is 0 Å². The highest BCUT2D eigenvalue weighted by Gasteiger charge is 2.31. The average Bonchev–Trinajstić information content (AvgIpc) is 3.40. The number of carbonyl (C=O) groups excluding carboxylic acids is 4. The Morgan fingerprint density at radius 3 is 2.29 bits per heavy atom. The van der Waals surface area contributed by atoms with Crippen LogP contribution in [0, 0.1) is 10.1 Å². The number of hydrogen-bond donors (Lipinski definition) is 4. The molecule has 2 aliphatic heterocycles.